The SMILES string of the molecule is O=C(O)Cc1cc(-c2cc3occc3cn2)ccn1. The number of pyridine rings is 2. The van der Waals surface area contributed by atoms with Crippen LogP contribution in [0.4, 0.5) is 0 Å². The molecule has 0 saturated heterocycles. The molecule has 0 amide bonds. The molecule has 0 aliphatic rings. The molecule has 3 aromatic rings. The van der Waals surface area contributed by atoms with Gasteiger partial charge < -0.3 is 9.52 Å². The lowest BCUT2D eigenvalue weighted by atomic mass is 10.1. The number of rotatable bonds is 3. The van der Waals surface area contributed by atoms with Gasteiger partial charge >= 0.3 is 5.97 Å². The maximum absolute atomic E-state index is 10.7. The Hall–Kier alpha value is -2.69. The third-order valence-electron chi connectivity index (χ3n) is 2.78. The number of carboxylic acids is 1. The first-order valence-electron chi connectivity index (χ1n) is 5.73. The number of hydrogen-bond acceptors (Lipinski definition) is 4. The largest absolute Gasteiger partial charge is 0.481 e. The molecular weight excluding hydrogens is 244 g/mol. The fourth-order valence-corrected chi connectivity index (χ4v) is 1.90. The monoisotopic (exact) mass is 254 g/mol. The van der Waals surface area contributed by atoms with E-state index in [4.69, 9.17) is 9.52 Å². The number of aliphatic carboxylic acids is 1. The highest BCUT2D eigenvalue weighted by atomic mass is 16.4. The van der Waals surface area contributed by atoms with Crippen molar-refractivity contribution >= 4 is 16.9 Å². The van der Waals surface area contributed by atoms with Crippen LogP contribution in [0, 0.1) is 0 Å². The zero-order chi connectivity index (χ0) is 13.2. The molecule has 19 heavy (non-hydrogen) atoms. The van der Waals surface area contributed by atoms with Gasteiger partial charge in [0.05, 0.1) is 24.1 Å². The molecule has 0 aliphatic heterocycles. The van der Waals surface area contributed by atoms with Gasteiger partial charge in [0.15, 0.2) is 0 Å². The topological polar surface area (TPSA) is 76.2 Å². The van der Waals surface area contributed by atoms with E-state index in [1.807, 2.05) is 12.1 Å². The second-order valence-corrected chi connectivity index (χ2v) is 4.13. The van der Waals surface area contributed by atoms with E-state index in [9.17, 15) is 4.79 Å². The molecule has 5 heteroatoms. The lowest BCUT2D eigenvalue weighted by Gasteiger charge is -2.02. The van der Waals surface area contributed by atoms with Crippen LogP contribution in [0.15, 0.2) is 47.3 Å². The number of fused-ring (bicyclic) bond motifs is 1. The van der Waals surface area contributed by atoms with Crippen molar-refractivity contribution < 1.29 is 14.3 Å². The fraction of sp³-hybridized carbons (Fsp3) is 0.0714. The van der Waals surface area contributed by atoms with Crippen molar-refractivity contribution in [1.29, 1.82) is 0 Å². The highest BCUT2D eigenvalue weighted by molar-refractivity contribution is 5.80. The number of carbonyl (C=O) groups is 1. The van der Waals surface area contributed by atoms with Crippen molar-refractivity contribution in [2.45, 2.75) is 6.42 Å². The quantitative estimate of drug-likeness (QED) is 0.777. The van der Waals surface area contributed by atoms with Crippen LogP contribution >= 0.6 is 0 Å². The predicted octanol–water partition coefficient (Wildman–Crippen LogP) is 2.52. The average molecular weight is 254 g/mol. The Morgan fingerprint density at radius 1 is 1.26 bits per heavy atom. The van der Waals surface area contributed by atoms with Crippen LogP contribution < -0.4 is 0 Å². The van der Waals surface area contributed by atoms with Gasteiger partial charge in [-0.3, -0.25) is 14.8 Å². The lowest BCUT2D eigenvalue weighted by molar-refractivity contribution is -0.136. The summed E-state index contributed by atoms with van der Waals surface area (Å²) in [5.41, 5.74) is 2.81. The molecule has 0 radical (unpaired) electrons. The molecule has 1 N–H and O–H groups in total. The normalized spacial score (nSPS) is 10.7. The number of nitrogens with zero attached hydrogens (tertiary/aromatic N) is 2. The van der Waals surface area contributed by atoms with Crippen LogP contribution in [0.3, 0.4) is 0 Å². The van der Waals surface area contributed by atoms with E-state index < -0.39 is 5.97 Å². The van der Waals surface area contributed by atoms with Gasteiger partial charge in [-0.25, -0.2) is 0 Å². The summed E-state index contributed by atoms with van der Waals surface area (Å²) >= 11 is 0. The number of furan rings is 1. The first kappa shape index (κ1) is 11.4. The zero-order valence-electron chi connectivity index (χ0n) is 9.91. The summed E-state index contributed by atoms with van der Waals surface area (Å²) in [5, 5.41) is 9.71. The van der Waals surface area contributed by atoms with Crippen molar-refractivity contribution in [3.63, 3.8) is 0 Å². The van der Waals surface area contributed by atoms with E-state index in [-0.39, 0.29) is 6.42 Å². The third kappa shape index (κ3) is 2.30. The van der Waals surface area contributed by atoms with Crippen molar-refractivity contribution in [2.24, 2.45) is 0 Å². The van der Waals surface area contributed by atoms with E-state index in [1.165, 1.54) is 0 Å². The maximum atomic E-state index is 10.7. The molecule has 0 unspecified atom stereocenters. The fourth-order valence-electron chi connectivity index (χ4n) is 1.90. The van der Waals surface area contributed by atoms with Gasteiger partial charge in [-0.15, -0.1) is 0 Å². The van der Waals surface area contributed by atoms with Gasteiger partial charge in [0.2, 0.25) is 0 Å². The molecule has 5 nitrogen and oxygen atoms in total. The molecule has 0 saturated carbocycles. The molecule has 0 aromatic carbocycles. The van der Waals surface area contributed by atoms with Crippen molar-refractivity contribution in [3.05, 3.63) is 48.6 Å². The molecular formula is C14H10N2O3. The number of hydrogen-bond donors (Lipinski definition) is 1. The summed E-state index contributed by atoms with van der Waals surface area (Å²) in [4.78, 5) is 19.0. The molecule has 0 spiro atoms. The smallest absolute Gasteiger partial charge is 0.309 e. The van der Waals surface area contributed by atoms with E-state index in [1.54, 1.807) is 30.8 Å². The second kappa shape index (κ2) is 4.53. The maximum Gasteiger partial charge on any atom is 0.309 e. The molecule has 0 bridgehead atoms. The van der Waals surface area contributed by atoms with Crippen LogP contribution in [0.25, 0.3) is 22.2 Å². The van der Waals surface area contributed by atoms with E-state index in [0.717, 1.165) is 22.2 Å². The van der Waals surface area contributed by atoms with E-state index in [2.05, 4.69) is 9.97 Å². The standard InChI is InChI=1S/C14H10N2O3/c17-14(18)6-11-5-9(1-3-15-11)12-7-13-10(8-16-12)2-4-19-13/h1-5,7-8H,6H2,(H,17,18). The first-order chi connectivity index (χ1) is 9.22. The van der Waals surface area contributed by atoms with Gasteiger partial charge in [-0.05, 0) is 18.2 Å². The molecule has 0 atom stereocenters. The minimum atomic E-state index is -0.904. The molecule has 3 rings (SSSR count). The Morgan fingerprint density at radius 3 is 3.00 bits per heavy atom. The van der Waals surface area contributed by atoms with Crippen molar-refractivity contribution in [2.75, 3.05) is 0 Å². The average Bonchev–Trinajstić information content (AvgIpc) is 2.85. The van der Waals surface area contributed by atoms with Gasteiger partial charge in [-0.1, -0.05) is 0 Å². The minimum Gasteiger partial charge on any atom is -0.481 e. The predicted molar refractivity (Wildman–Crippen MR) is 68.6 cm³/mol. The summed E-state index contributed by atoms with van der Waals surface area (Å²) < 4.78 is 5.33. The lowest BCUT2D eigenvalue weighted by Crippen LogP contribution is -2.02. The Balaban J connectivity index is 2.02. The molecule has 0 aliphatic carbocycles. The molecule has 94 valence electrons. The Kier molecular flexibility index (Phi) is 2.72. The van der Waals surface area contributed by atoms with Crippen LogP contribution in [-0.4, -0.2) is 21.0 Å². The van der Waals surface area contributed by atoms with Gasteiger partial charge in [0.25, 0.3) is 0 Å². The van der Waals surface area contributed by atoms with Gasteiger partial charge in [0.1, 0.15) is 5.58 Å². The summed E-state index contributed by atoms with van der Waals surface area (Å²) in [6, 6.07) is 7.19. The van der Waals surface area contributed by atoms with Crippen LogP contribution in [0.2, 0.25) is 0 Å². The van der Waals surface area contributed by atoms with Crippen LogP contribution in [-0.2, 0) is 11.2 Å². The summed E-state index contributed by atoms with van der Waals surface area (Å²) in [5.74, 6) is -0.904. The molecule has 3 heterocycles. The second-order valence-electron chi connectivity index (χ2n) is 4.13. The summed E-state index contributed by atoms with van der Waals surface area (Å²) in [6.07, 6.45) is 4.82. The molecule has 3 aromatic heterocycles. The Labute approximate surface area is 108 Å². The van der Waals surface area contributed by atoms with Gasteiger partial charge in [0, 0.05) is 29.4 Å². The van der Waals surface area contributed by atoms with E-state index >= 15 is 0 Å². The highest BCUT2D eigenvalue weighted by Gasteiger charge is 2.07. The first-order valence-corrected chi connectivity index (χ1v) is 5.73. The van der Waals surface area contributed by atoms with Crippen LogP contribution in [0.5, 0.6) is 0 Å². The third-order valence-corrected chi connectivity index (χ3v) is 2.78. The minimum absolute atomic E-state index is 0.100. The van der Waals surface area contributed by atoms with Crippen LogP contribution in [0.1, 0.15) is 5.69 Å². The number of aromatic nitrogens is 2. The summed E-state index contributed by atoms with van der Waals surface area (Å²) in [7, 11) is 0. The Bertz CT molecular complexity index is 749. The van der Waals surface area contributed by atoms with E-state index in [0.29, 0.717) is 5.69 Å². The van der Waals surface area contributed by atoms with Crippen molar-refractivity contribution in [1.82, 2.24) is 9.97 Å². The molecule has 0 fully saturated rings. The number of carboxylic acid groups (broad SMARTS) is 1. The highest BCUT2D eigenvalue weighted by Crippen LogP contribution is 2.22. The summed E-state index contributed by atoms with van der Waals surface area (Å²) in [6.45, 7) is 0. The zero-order valence-corrected chi connectivity index (χ0v) is 9.91. The Morgan fingerprint density at radius 2 is 2.16 bits per heavy atom. The van der Waals surface area contributed by atoms with Crippen molar-refractivity contribution in [3.8, 4) is 11.3 Å². The van der Waals surface area contributed by atoms with Gasteiger partial charge in [-0.2, -0.15) is 0 Å².